The zero-order chi connectivity index (χ0) is 14.5. The number of ether oxygens (including phenoxy) is 1. The zero-order valence-electron chi connectivity index (χ0n) is 12.5. The van der Waals surface area contributed by atoms with Crippen molar-refractivity contribution in [3.05, 3.63) is 47.3 Å². The van der Waals surface area contributed by atoms with E-state index in [1.54, 1.807) is 7.11 Å². The molecule has 0 atom stereocenters. The second-order valence-electron chi connectivity index (χ2n) is 5.43. The molecule has 0 unspecified atom stereocenters. The van der Waals surface area contributed by atoms with Gasteiger partial charge in [-0.3, -0.25) is 4.68 Å². The Morgan fingerprint density at radius 3 is 2.50 bits per heavy atom. The van der Waals surface area contributed by atoms with E-state index >= 15 is 0 Å². The van der Waals surface area contributed by atoms with Crippen LogP contribution < -0.4 is 10.5 Å². The van der Waals surface area contributed by atoms with Crippen molar-refractivity contribution in [1.29, 1.82) is 0 Å². The summed E-state index contributed by atoms with van der Waals surface area (Å²) in [6.45, 7) is 5.80. The number of aromatic nitrogens is 2. The quantitative estimate of drug-likeness (QED) is 0.880. The van der Waals surface area contributed by atoms with Crippen LogP contribution in [0.4, 0.5) is 0 Å². The molecule has 0 radical (unpaired) electrons. The van der Waals surface area contributed by atoms with Crippen molar-refractivity contribution in [2.75, 3.05) is 7.11 Å². The first-order chi connectivity index (χ1) is 9.62. The SMILES string of the molecule is COc1ccc(Cc2cc(CN)nn2CC(C)C)cc1. The summed E-state index contributed by atoms with van der Waals surface area (Å²) in [5, 5.41) is 4.57. The van der Waals surface area contributed by atoms with Crippen LogP contribution in [-0.4, -0.2) is 16.9 Å². The smallest absolute Gasteiger partial charge is 0.118 e. The van der Waals surface area contributed by atoms with Crippen LogP contribution >= 0.6 is 0 Å². The van der Waals surface area contributed by atoms with Gasteiger partial charge in [0.15, 0.2) is 0 Å². The molecule has 2 aromatic rings. The third-order valence-corrected chi connectivity index (χ3v) is 3.21. The highest BCUT2D eigenvalue weighted by molar-refractivity contribution is 5.30. The average Bonchev–Trinajstić information content (AvgIpc) is 2.81. The highest BCUT2D eigenvalue weighted by atomic mass is 16.5. The van der Waals surface area contributed by atoms with E-state index in [2.05, 4.69) is 41.8 Å². The van der Waals surface area contributed by atoms with Crippen LogP contribution in [0.3, 0.4) is 0 Å². The molecule has 2 N–H and O–H groups in total. The van der Waals surface area contributed by atoms with Gasteiger partial charge in [-0.2, -0.15) is 5.10 Å². The minimum Gasteiger partial charge on any atom is -0.497 e. The number of benzene rings is 1. The Kier molecular flexibility index (Phi) is 4.79. The Labute approximate surface area is 120 Å². The average molecular weight is 273 g/mol. The lowest BCUT2D eigenvalue weighted by atomic mass is 10.1. The molecular formula is C16H23N3O. The van der Waals surface area contributed by atoms with Gasteiger partial charge in [-0.1, -0.05) is 26.0 Å². The van der Waals surface area contributed by atoms with Crippen molar-refractivity contribution in [2.45, 2.75) is 33.4 Å². The number of hydrogen-bond acceptors (Lipinski definition) is 3. The molecule has 0 saturated heterocycles. The summed E-state index contributed by atoms with van der Waals surface area (Å²) >= 11 is 0. The lowest BCUT2D eigenvalue weighted by Gasteiger charge is -2.10. The first-order valence-electron chi connectivity index (χ1n) is 7.01. The molecule has 1 aromatic heterocycles. The van der Waals surface area contributed by atoms with Crippen molar-refractivity contribution in [2.24, 2.45) is 11.7 Å². The van der Waals surface area contributed by atoms with Crippen LogP contribution in [-0.2, 0) is 19.5 Å². The Balaban J connectivity index is 2.19. The van der Waals surface area contributed by atoms with E-state index in [0.717, 1.165) is 24.4 Å². The maximum absolute atomic E-state index is 5.70. The highest BCUT2D eigenvalue weighted by Crippen LogP contribution is 2.16. The Morgan fingerprint density at radius 1 is 1.25 bits per heavy atom. The Bertz CT molecular complexity index is 543. The molecule has 1 aromatic carbocycles. The van der Waals surface area contributed by atoms with Crippen LogP contribution in [0.2, 0.25) is 0 Å². The molecule has 0 aliphatic heterocycles. The van der Waals surface area contributed by atoms with Gasteiger partial charge in [-0.05, 0) is 29.7 Å². The molecule has 108 valence electrons. The predicted molar refractivity (Wildman–Crippen MR) is 80.8 cm³/mol. The third kappa shape index (κ3) is 3.61. The summed E-state index contributed by atoms with van der Waals surface area (Å²) in [5.41, 5.74) is 9.12. The molecule has 1 heterocycles. The van der Waals surface area contributed by atoms with E-state index in [0.29, 0.717) is 12.5 Å². The summed E-state index contributed by atoms with van der Waals surface area (Å²) < 4.78 is 7.26. The monoisotopic (exact) mass is 273 g/mol. The minimum atomic E-state index is 0.487. The lowest BCUT2D eigenvalue weighted by Crippen LogP contribution is -2.10. The highest BCUT2D eigenvalue weighted by Gasteiger charge is 2.09. The lowest BCUT2D eigenvalue weighted by molar-refractivity contribution is 0.414. The molecule has 0 aliphatic rings. The molecular weight excluding hydrogens is 250 g/mol. The maximum atomic E-state index is 5.70. The van der Waals surface area contributed by atoms with E-state index in [1.807, 2.05) is 12.1 Å². The molecule has 0 spiro atoms. The van der Waals surface area contributed by atoms with Crippen molar-refractivity contribution in [3.63, 3.8) is 0 Å². The predicted octanol–water partition coefficient (Wildman–Crippen LogP) is 2.60. The number of nitrogens with zero attached hydrogens (tertiary/aromatic N) is 2. The van der Waals surface area contributed by atoms with E-state index < -0.39 is 0 Å². The zero-order valence-corrected chi connectivity index (χ0v) is 12.5. The molecule has 4 heteroatoms. The summed E-state index contributed by atoms with van der Waals surface area (Å²) in [5.74, 6) is 1.45. The summed E-state index contributed by atoms with van der Waals surface area (Å²) in [7, 11) is 1.68. The molecule has 0 saturated carbocycles. The molecule has 4 nitrogen and oxygen atoms in total. The van der Waals surface area contributed by atoms with E-state index in [9.17, 15) is 0 Å². The Morgan fingerprint density at radius 2 is 1.95 bits per heavy atom. The number of methoxy groups -OCH3 is 1. The van der Waals surface area contributed by atoms with Gasteiger partial charge in [-0.25, -0.2) is 0 Å². The van der Waals surface area contributed by atoms with Crippen LogP contribution in [0.25, 0.3) is 0 Å². The molecule has 20 heavy (non-hydrogen) atoms. The van der Waals surface area contributed by atoms with Crippen LogP contribution in [0.1, 0.15) is 30.8 Å². The van der Waals surface area contributed by atoms with E-state index in [1.165, 1.54) is 11.3 Å². The van der Waals surface area contributed by atoms with Gasteiger partial charge in [0.1, 0.15) is 5.75 Å². The minimum absolute atomic E-state index is 0.487. The van der Waals surface area contributed by atoms with Gasteiger partial charge in [0.25, 0.3) is 0 Å². The summed E-state index contributed by atoms with van der Waals surface area (Å²) in [4.78, 5) is 0. The topological polar surface area (TPSA) is 53.1 Å². The van der Waals surface area contributed by atoms with Gasteiger partial charge in [0.2, 0.25) is 0 Å². The standard InChI is InChI=1S/C16H23N3O/c1-12(2)11-19-15(9-14(10-17)18-19)8-13-4-6-16(20-3)7-5-13/h4-7,9,12H,8,10-11,17H2,1-3H3. The maximum Gasteiger partial charge on any atom is 0.118 e. The van der Waals surface area contributed by atoms with E-state index in [4.69, 9.17) is 10.5 Å². The molecule has 0 fully saturated rings. The van der Waals surface area contributed by atoms with Gasteiger partial charge in [-0.15, -0.1) is 0 Å². The normalized spacial score (nSPS) is 11.1. The largest absolute Gasteiger partial charge is 0.497 e. The van der Waals surface area contributed by atoms with Crippen LogP contribution in [0, 0.1) is 5.92 Å². The molecule has 0 amide bonds. The fraction of sp³-hybridized carbons (Fsp3) is 0.438. The molecule has 0 aliphatic carbocycles. The van der Waals surface area contributed by atoms with Gasteiger partial charge in [0.05, 0.1) is 12.8 Å². The van der Waals surface area contributed by atoms with Gasteiger partial charge in [0, 0.05) is 25.2 Å². The van der Waals surface area contributed by atoms with Crippen molar-refractivity contribution >= 4 is 0 Å². The summed E-state index contributed by atoms with van der Waals surface area (Å²) in [6.07, 6.45) is 0.865. The number of nitrogens with two attached hydrogens (primary N) is 1. The van der Waals surface area contributed by atoms with Crippen LogP contribution in [0.15, 0.2) is 30.3 Å². The Hall–Kier alpha value is -1.81. The van der Waals surface area contributed by atoms with Crippen molar-refractivity contribution in [1.82, 2.24) is 9.78 Å². The second kappa shape index (κ2) is 6.57. The first-order valence-corrected chi connectivity index (χ1v) is 7.01. The van der Waals surface area contributed by atoms with Gasteiger partial charge < -0.3 is 10.5 Å². The van der Waals surface area contributed by atoms with Gasteiger partial charge >= 0.3 is 0 Å². The van der Waals surface area contributed by atoms with Crippen molar-refractivity contribution in [3.8, 4) is 5.75 Å². The first kappa shape index (κ1) is 14.6. The summed E-state index contributed by atoms with van der Waals surface area (Å²) in [6, 6.07) is 10.3. The molecule has 2 rings (SSSR count). The van der Waals surface area contributed by atoms with Crippen LogP contribution in [0.5, 0.6) is 5.75 Å². The second-order valence-corrected chi connectivity index (χ2v) is 5.43. The fourth-order valence-corrected chi connectivity index (χ4v) is 2.21. The molecule has 0 bridgehead atoms. The number of rotatable bonds is 6. The number of hydrogen-bond donors (Lipinski definition) is 1. The van der Waals surface area contributed by atoms with E-state index in [-0.39, 0.29) is 0 Å². The van der Waals surface area contributed by atoms with Crippen molar-refractivity contribution < 1.29 is 4.74 Å². The fourth-order valence-electron chi connectivity index (χ4n) is 2.21. The third-order valence-electron chi connectivity index (χ3n) is 3.21.